The summed E-state index contributed by atoms with van der Waals surface area (Å²) in [5.41, 5.74) is 5.75. The highest BCUT2D eigenvalue weighted by Crippen LogP contribution is 2.37. The van der Waals surface area contributed by atoms with E-state index in [0.29, 0.717) is 31.8 Å². The van der Waals surface area contributed by atoms with Crippen molar-refractivity contribution in [1.82, 2.24) is 14.5 Å². The molecule has 0 aliphatic carbocycles. The number of amides is 2. The van der Waals surface area contributed by atoms with Gasteiger partial charge in [0.2, 0.25) is 0 Å². The van der Waals surface area contributed by atoms with Crippen LogP contribution in [0.25, 0.3) is 11.3 Å². The van der Waals surface area contributed by atoms with Crippen molar-refractivity contribution in [3.63, 3.8) is 0 Å². The number of methoxy groups -OCH3 is 1. The number of benzene rings is 2. The van der Waals surface area contributed by atoms with E-state index < -0.39 is 5.60 Å². The fourth-order valence-corrected chi connectivity index (χ4v) is 4.84. The van der Waals surface area contributed by atoms with Gasteiger partial charge in [0, 0.05) is 31.0 Å². The van der Waals surface area contributed by atoms with Crippen LogP contribution in [0.3, 0.4) is 0 Å². The van der Waals surface area contributed by atoms with Crippen molar-refractivity contribution < 1.29 is 19.1 Å². The van der Waals surface area contributed by atoms with Gasteiger partial charge in [0.15, 0.2) is 0 Å². The number of hydrogen-bond donors (Lipinski definition) is 0. The summed E-state index contributed by atoms with van der Waals surface area (Å²) in [5.74, 6) is 0.630. The van der Waals surface area contributed by atoms with Crippen LogP contribution in [-0.2, 0) is 11.3 Å². The monoisotopic (exact) mass is 500 g/mol. The van der Waals surface area contributed by atoms with Gasteiger partial charge in [0.05, 0.1) is 36.9 Å². The molecular formula is C29H32N4O4. The van der Waals surface area contributed by atoms with Gasteiger partial charge in [-0.1, -0.05) is 24.3 Å². The molecule has 2 aliphatic rings. The lowest BCUT2D eigenvalue weighted by Crippen LogP contribution is -2.39. The third kappa shape index (κ3) is 4.83. The maximum Gasteiger partial charge on any atom is 0.410 e. The number of imidazole rings is 1. The van der Waals surface area contributed by atoms with Gasteiger partial charge < -0.3 is 23.8 Å². The second kappa shape index (κ2) is 9.42. The first-order valence-corrected chi connectivity index (χ1v) is 12.4. The average Bonchev–Trinajstić information content (AvgIpc) is 3.45. The maximum atomic E-state index is 13.7. The quantitative estimate of drug-likeness (QED) is 0.481. The molecule has 0 spiro atoms. The van der Waals surface area contributed by atoms with E-state index in [1.165, 1.54) is 0 Å². The van der Waals surface area contributed by atoms with Crippen LogP contribution in [0.2, 0.25) is 0 Å². The first-order chi connectivity index (χ1) is 17.6. The van der Waals surface area contributed by atoms with Gasteiger partial charge in [-0.25, -0.2) is 9.78 Å². The van der Waals surface area contributed by atoms with Crippen LogP contribution in [0.1, 0.15) is 54.4 Å². The number of rotatable bonds is 4. The lowest BCUT2D eigenvalue weighted by Gasteiger charge is -2.30. The number of ether oxygens (including phenoxy) is 2. The molecule has 0 radical (unpaired) electrons. The zero-order valence-electron chi connectivity index (χ0n) is 21.9. The van der Waals surface area contributed by atoms with Crippen LogP contribution < -0.4 is 9.64 Å². The highest BCUT2D eigenvalue weighted by atomic mass is 16.6. The lowest BCUT2D eigenvalue weighted by atomic mass is 9.93. The molecule has 3 aromatic rings. The van der Waals surface area contributed by atoms with E-state index in [1.54, 1.807) is 23.2 Å². The first-order valence-electron chi connectivity index (χ1n) is 12.4. The van der Waals surface area contributed by atoms with Crippen molar-refractivity contribution in [2.75, 3.05) is 25.1 Å². The summed E-state index contributed by atoms with van der Waals surface area (Å²) in [5, 5.41) is 0. The molecule has 192 valence electrons. The van der Waals surface area contributed by atoms with E-state index in [9.17, 15) is 9.59 Å². The topological polar surface area (TPSA) is 76.9 Å². The highest BCUT2D eigenvalue weighted by molar-refractivity contribution is 6.13. The van der Waals surface area contributed by atoms with Crippen molar-refractivity contribution in [2.24, 2.45) is 0 Å². The van der Waals surface area contributed by atoms with E-state index in [-0.39, 0.29) is 12.0 Å². The molecular weight excluding hydrogens is 468 g/mol. The fraction of sp³-hybridized carbons (Fsp3) is 0.345. The Morgan fingerprint density at radius 3 is 2.59 bits per heavy atom. The van der Waals surface area contributed by atoms with Gasteiger partial charge in [0.25, 0.3) is 5.91 Å². The summed E-state index contributed by atoms with van der Waals surface area (Å²) in [6, 6.07) is 11.8. The molecule has 0 unspecified atom stereocenters. The third-order valence-corrected chi connectivity index (χ3v) is 6.61. The van der Waals surface area contributed by atoms with Gasteiger partial charge in [-0.15, -0.1) is 0 Å². The Morgan fingerprint density at radius 2 is 1.95 bits per heavy atom. The third-order valence-electron chi connectivity index (χ3n) is 6.61. The molecule has 0 fully saturated rings. The van der Waals surface area contributed by atoms with Crippen LogP contribution in [0.15, 0.2) is 55.0 Å². The number of nitrogens with zero attached hydrogens (tertiary/aromatic N) is 4. The molecule has 1 aromatic heterocycles. The summed E-state index contributed by atoms with van der Waals surface area (Å²) in [4.78, 5) is 34.0. The minimum atomic E-state index is -0.532. The predicted molar refractivity (Wildman–Crippen MR) is 142 cm³/mol. The number of aromatic nitrogens is 2. The molecule has 3 heterocycles. The molecule has 2 aliphatic heterocycles. The maximum absolute atomic E-state index is 13.7. The van der Waals surface area contributed by atoms with E-state index in [0.717, 1.165) is 39.3 Å². The highest BCUT2D eigenvalue weighted by Gasteiger charge is 2.33. The fourth-order valence-electron chi connectivity index (χ4n) is 4.84. The Balaban J connectivity index is 1.39. The SMILES string of the molecule is COc1cc(N2Cc3cccc(C4=CCN(C(=O)OC(C)(C)C)CC4)c3C2=O)ccc1-n1cnc(C)c1. The number of carbonyl (C=O) groups excluding carboxylic acids is 2. The number of fused-ring (bicyclic) bond motifs is 1. The van der Waals surface area contributed by atoms with Crippen molar-refractivity contribution in [3.05, 3.63) is 77.4 Å². The Labute approximate surface area is 217 Å². The van der Waals surface area contributed by atoms with Crippen LogP contribution >= 0.6 is 0 Å². The molecule has 0 saturated heterocycles. The van der Waals surface area contributed by atoms with E-state index in [2.05, 4.69) is 4.98 Å². The van der Waals surface area contributed by atoms with Gasteiger partial charge in [0.1, 0.15) is 11.4 Å². The molecule has 0 atom stereocenters. The summed E-state index contributed by atoms with van der Waals surface area (Å²) in [7, 11) is 1.63. The van der Waals surface area contributed by atoms with Crippen LogP contribution in [0.4, 0.5) is 10.5 Å². The molecule has 8 nitrogen and oxygen atoms in total. The number of anilines is 1. The largest absolute Gasteiger partial charge is 0.494 e. The first kappa shape index (κ1) is 24.6. The summed E-state index contributed by atoms with van der Waals surface area (Å²) in [6.07, 6.45) is 6.06. The number of aryl methyl sites for hydroxylation is 1. The van der Waals surface area contributed by atoms with E-state index >= 15 is 0 Å². The van der Waals surface area contributed by atoms with E-state index in [1.807, 2.05) is 80.9 Å². The van der Waals surface area contributed by atoms with Crippen LogP contribution in [0, 0.1) is 6.92 Å². The van der Waals surface area contributed by atoms with Crippen molar-refractivity contribution >= 4 is 23.3 Å². The van der Waals surface area contributed by atoms with Crippen molar-refractivity contribution in [1.29, 1.82) is 0 Å². The summed E-state index contributed by atoms with van der Waals surface area (Å²) in [6.45, 7) is 9.03. The zero-order chi connectivity index (χ0) is 26.3. The summed E-state index contributed by atoms with van der Waals surface area (Å²) >= 11 is 0. The number of carbonyl (C=O) groups is 2. The second-order valence-corrected chi connectivity index (χ2v) is 10.4. The molecule has 2 aromatic carbocycles. The Morgan fingerprint density at radius 1 is 1.14 bits per heavy atom. The molecule has 2 amide bonds. The normalized spacial score (nSPS) is 15.5. The van der Waals surface area contributed by atoms with Crippen molar-refractivity contribution in [2.45, 2.75) is 46.3 Å². The minimum Gasteiger partial charge on any atom is -0.494 e. The number of hydrogen-bond acceptors (Lipinski definition) is 5. The molecule has 8 heteroatoms. The average molecular weight is 501 g/mol. The Bertz CT molecular complexity index is 1400. The van der Waals surface area contributed by atoms with Crippen molar-refractivity contribution in [3.8, 4) is 11.4 Å². The van der Waals surface area contributed by atoms with Gasteiger partial charge in [-0.05, 0) is 62.9 Å². The minimum absolute atomic E-state index is 0.0330. The molecule has 0 saturated carbocycles. The molecule has 37 heavy (non-hydrogen) atoms. The predicted octanol–water partition coefficient (Wildman–Crippen LogP) is 5.37. The zero-order valence-corrected chi connectivity index (χ0v) is 21.9. The van der Waals surface area contributed by atoms with Gasteiger partial charge >= 0.3 is 6.09 Å². The van der Waals surface area contributed by atoms with Gasteiger partial charge in [-0.2, -0.15) is 0 Å². The van der Waals surface area contributed by atoms with Crippen LogP contribution in [0.5, 0.6) is 5.75 Å². The molecule has 0 N–H and O–H groups in total. The summed E-state index contributed by atoms with van der Waals surface area (Å²) < 4.78 is 13.1. The molecule has 0 bridgehead atoms. The van der Waals surface area contributed by atoms with E-state index in [4.69, 9.17) is 9.47 Å². The lowest BCUT2D eigenvalue weighted by molar-refractivity contribution is 0.0270. The molecule has 5 rings (SSSR count). The Hall–Kier alpha value is -4.07. The van der Waals surface area contributed by atoms with Gasteiger partial charge in [-0.3, -0.25) is 4.79 Å². The van der Waals surface area contributed by atoms with Crippen LogP contribution in [-0.4, -0.2) is 52.3 Å². The smallest absolute Gasteiger partial charge is 0.410 e. The second-order valence-electron chi connectivity index (χ2n) is 10.4. The Kier molecular flexibility index (Phi) is 6.27. The standard InChI is InChI=1S/C29H32N4O4/c1-19-16-32(18-30-19)24-10-9-22(15-25(24)36-5)33-17-21-7-6-8-23(26(21)27(33)34)20-11-13-31(14-12-20)28(35)37-29(2,3)4/h6-11,15-16,18H,12-14,17H2,1-5H3.